The topological polar surface area (TPSA) is 71.4 Å². The number of piperidine rings is 1. The smallest absolute Gasteiger partial charge is 0.255 e. The van der Waals surface area contributed by atoms with Crippen molar-refractivity contribution >= 4 is 15.9 Å². The van der Waals surface area contributed by atoms with Gasteiger partial charge in [0.1, 0.15) is 0 Å². The Kier molecular flexibility index (Phi) is 5.20. The molecule has 2 rings (SSSR count). The van der Waals surface area contributed by atoms with Crippen molar-refractivity contribution < 1.29 is 13.2 Å². The summed E-state index contributed by atoms with van der Waals surface area (Å²) in [5.41, 5.74) is 2.76. The summed E-state index contributed by atoms with van der Waals surface area (Å²) in [6.07, 6.45) is 2.73. The summed E-state index contributed by atoms with van der Waals surface area (Å²) in [5, 5.41) is 0. The van der Waals surface area contributed by atoms with Gasteiger partial charge < -0.3 is 9.47 Å². The molecular weight excluding hydrogens is 314 g/mol. The van der Waals surface area contributed by atoms with Gasteiger partial charge in [0.25, 0.3) is 5.91 Å². The number of aryl methyl sites for hydroxylation is 1. The number of nitrogens with one attached hydrogen (secondary N) is 1. The minimum absolute atomic E-state index is 0.00926. The number of hydrogen-bond acceptors (Lipinski definition) is 3. The van der Waals surface area contributed by atoms with Crippen LogP contribution in [0.5, 0.6) is 0 Å². The Balaban J connectivity index is 2.19. The highest BCUT2D eigenvalue weighted by molar-refractivity contribution is 7.88. The van der Waals surface area contributed by atoms with Crippen molar-refractivity contribution in [3.05, 3.63) is 23.0 Å². The van der Waals surface area contributed by atoms with E-state index in [2.05, 4.69) is 23.1 Å². The number of carbonyl (C=O) groups excluding carboxylic acids is 1. The lowest BCUT2D eigenvalue weighted by molar-refractivity contribution is 0.0702. The number of nitrogens with zero attached hydrogens (tertiary/aromatic N) is 2. The summed E-state index contributed by atoms with van der Waals surface area (Å²) in [4.78, 5) is 14.6. The van der Waals surface area contributed by atoms with Crippen LogP contribution in [0.25, 0.3) is 0 Å². The second-order valence-corrected chi connectivity index (χ2v) is 8.51. The molecule has 1 amide bonds. The molecule has 1 aromatic rings. The predicted molar refractivity (Wildman–Crippen MR) is 91.2 cm³/mol. The molecule has 23 heavy (non-hydrogen) atoms. The van der Waals surface area contributed by atoms with Crippen molar-refractivity contribution in [1.29, 1.82) is 0 Å². The maximum absolute atomic E-state index is 12.9. The van der Waals surface area contributed by atoms with Crippen LogP contribution in [-0.2, 0) is 10.0 Å². The second kappa shape index (κ2) is 6.65. The van der Waals surface area contributed by atoms with Crippen LogP contribution in [0.3, 0.4) is 0 Å². The summed E-state index contributed by atoms with van der Waals surface area (Å²) >= 11 is 0. The SMILES string of the molecule is Cc1cc(C(=O)N2CCCC(NS(C)(=O)=O)C2)c(C)n1C(C)C. The molecule has 1 unspecified atom stereocenters. The van der Waals surface area contributed by atoms with E-state index in [1.165, 1.54) is 0 Å². The molecule has 0 spiro atoms. The zero-order valence-electron chi connectivity index (χ0n) is 14.6. The van der Waals surface area contributed by atoms with Gasteiger partial charge in [-0.05, 0) is 46.6 Å². The molecule has 7 heteroatoms. The summed E-state index contributed by atoms with van der Waals surface area (Å²) < 4.78 is 27.6. The van der Waals surface area contributed by atoms with Gasteiger partial charge in [0, 0.05) is 36.6 Å². The third-order valence-electron chi connectivity index (χ3n) is 4.32. The molecular formula is C16H27N3O3S. The van der Waals surface area contributed by atoms with E-state index in [4.69, 9.17) is 0 Å². The van der Waals surface area contributed by atoms with Crippen molar-refractivity contribution in [2.75, 3.05) is 19.3 Å². The maximum Gasteiger partial charge on any atom is 0.255 e. The Bertz CT molecular complexity index is 692. The minimum atomic E-state index is -3.25. The first-order valence-corrected chi connectivity index (χ1v) is 9.94. The number of hydrogen-bond donors (Lipinski definition) is 1. The highest BCUT2D eigenvalue weighted by Gasteiger charge is 2.28. The van der Waals surface area contributed by atoms with Crippen LogP contribution in [0.4, 0.5) is 0 Å². The number of carbonyl (C=O) groups is 1. The zero-order valence-corrected chi connectivity index (χ0v) is 15.4. The van der Waals surface area contributed by atoms with Gasteiger partial charge in [-0.2, -0.15) is 0 Å². The number of amides is 1. The molecule has 6 nitrogen and oxygen atoms in total. The lowest BCUT2D eigenvalue weighted by atomic mass is 10.1. The number of rotatable bonds is 4. The van der Waals surface area contributed by atoms with Gasteiger partial charge in [-0.15, -0.1) is 0 Å². The van der Waals surface area contributed by atoms with Crippen molar-refractivity contribution in [2.45, 2.75) is 52.6 Å². The quantitative estimate of drug-likeness (QED) is 0.908. The summed E-state index contributed by atoms with van der Waals surface area (Å²) in [5.74, 6) is -0.00926. The van der Waals surface area contributed by atoms with Gasteiger partial charge in [-0.25, -0.2) is 13.1 Å². The van der Waals surface area contributed by atoms with Gasteiger partial charge in [0.15, 0.2) is 0 Å². The van der Waals surface area contributed by atoms with E-state index < -0.39 is 10.0 Å². The summed E-state index contributed by atoms with van der Waals surface area (Å²) in [6, 6.07) is 2.04. The number of sulfonamides is 1. The average Bonchev–Trinajstić information content (AvgIpc) is 2.71. The number of likely N-dealkylation sites (tertiary alicyclic amines) is 1. The van der Waals surface area contributed by atoms with Gasteiger partial charge in [0.2, 0.25) is 10.0 Å². The van der Waals surface area contributed by atoms with Gasteiger partial charge in [0.05, 0.1) is 11.8 Å². The van der Waals surface area contributed by atoms with E-state index in [-0.39, 0.29) is 11.9 Å². The molecule has 1 aromatic heterocycles. The Morgan fingerprint density at radius 3 is 2.52 bits per heavy atom. The normalized spacial score (nSPS) is 19.4. The van der Waals surface area contributed by atoms with Gasteiger partial charge in [-0.3, -0.25) is 4.79 Å². The van der Waals surface area contributed by atoms with Crippen molar-refractivity contribution in [1.82, 2.24) is 14.2 Å². The fourth-order valence-electron chi connectivity index (χ4n) is 3.52. The molecule has 1 saturated heterocycles. The fourth-order valence-corrected chi connectivity index (χ4v) is 4.32. The Hall–Kier alpha value is -1.34. The summed E-state index contributed by atoms with van der Waals surface area (Å²) in [7, 11) is -3.25. The Labute approximate surface area is 138 Å². The Morgan fingerprint density at radius 1 is 1.35 bits per heavy atom. The van der Waals surface area contributed by atoms with Crippen LogP contribution in [-0.4, -0.2) is 49.2 Å². The Morgan fingerprint density at radius 2 is 2.00 bits per heavy atom. The van der Waals surface area contributed by atoms with Crippen LogP contribution in [0.1, 0.15) is 54.5 Å². The third-order valence-corrected chi connectivity index (χ3v) is 5.08. The molecule has 0 bridgehead atoms. The largest absolute Gasteiger partial charge is 0.346 e. The minimum Gasteiger partial charge on any atom is -0.346 e. The molecule has 2 heterocycles. The third kappa shape index (κ3) is 4.14. The first-order chi connectivity index (χ1) is 10.6. The van der Waals surface area contributed by atoms with Crippen molar-refractivity contribution in [3.63, 3.8) is 0 Å². The van der Waals surface area contributed by atoms with Gasteiger partial charge >= 0.3 is 0 Å². The van der Waals surface area contributed by atoms with Crippen molar-refractivity contribution in [2.24, 2.45) is 0 Å². The molecule has 1 atom stereocenters. The molecule has 0 aliphatic carbocycles. The molecule has 130 valence electrons. The van der Waals surface area contributed by atoms with Crippen LogP contribution in [0, 0.1) is 13.8 Å². The van der Waals surface area contributed by atoms with Crippen LogP contribution < -0.4 is 4.72 Å². The van der Waals surface area contributed by atoms with Crippen LogP contribution in [0.2, 0.25) is 0 Å². The van der Waals surface area contributed by atoms with E-state index in [9.17, 15) is 13.2 Å². The van der Waals surface area contributed by atoms with Crippen molar-refractivity contribution in [3.8, 4) is 0 Å². The fraction of sp³-hybridized carbons (Fsp3) is 0.688. The lowest BCUT2D eigenvalue weighted by Gasteiger charge is -2.32. The molecule has 1 aliphatic heterocycles. The maximum atomic E-state index is 12.9. The molecule has 1 aliphatic rings. The van der Waals surface area contributed by atoms with E-state index in [0.717, 1.165) is 36.0 Å². The first kappa shape index (κ1) is 18.0. The number of aromatic nitrogens is 1. The predicted octanol–water partition coefficient (Wildman–Crippen LogP) is 1.84. The average molecular weight is 341 g/mol. The van der Waals surface area contributed by atoms with Gasteiger partial charge in [-0.1, -0.05) is 0 Å². The molecule has 0 aromatic carbocycles. The van der Waals surface area contributed by atoms with E-state index in [1.807, 2.05) is 19.9 Å². The highest BCUT2D eigenvalue weighted by Crippen LogP contribution is 2.23. The van der Waals surface area contributed by atoms with E-state index in [0.29, 0.717) is 19.1 Å². The zero-order chi connectivity index (χ0) is 17.4. The monoisotopic (exact) mass is 341 g/mol. The standard InChI is InChI=1S/C16H27N3O3S/c1-11(2)19-12(3)9-15(13(19)4)16(20)18-8-6-7-14(10-18)17-23(5,21)22/h9,11,14,17H,6-8,10H2,1-5H3. The van der Waals surface area contributed by atoms with Crippen LogP contribution >= 0.6 is 0 Å². The molecule has 0 radical (unpaired) electrons. The van der Waals surface area contributed by atoms with E-state index in [1.54, 1.807) is 4.90 Å². The van der Waals surface area contributed by atoms with Crippen LogP contribution in [0.15, 0.2) is 6.07 Å². The first-order valence-electron chi connectivity index (χ1n) is 8.05. The summed E-state index contributed by atoms with van der Waals surface area (Å²) in [6.45, 7) is 9.27. The molecule has 1 N–H and O–H groups in total. The molecule has 0 saturated carbocycles. The highest BCUT2D eigenvalue weighted by atomic mass is 32.2. The lowest BCUT2D eigenvalue weighted by Crippen LogP contribution is -2.49. The molecule has 1 fully saturated rings. The second-order valence-electron chi connectivity index (χ2n) is 6.73. The van der Waals surface area contributed by atoms with E-state index >= 15 is 0 Å².